The molecule has 2 saturated carbocycles. The van der Waals surface area contributed by atoms with Gasteiger partial charge in [0, 0.05) is 38.4 Å². The summed E-state index contributed by atoms with van der Waals surface area (Å²) >= 11 is 0. The number of ether oxygens (including phenoxy) is 4. The Morgan fingerprint density at radius 3 is 2.29 bits per heavy atom. The number of rotatable bonds is 4. The predicted molar refractivity (Wildman–Crippen MR) is 135 cm³/mol. The molecular weight excluding hydrogens is 492 g/mol. The van der Waals surface area contributed by atoms with Gasteiger partial charge in [-0.15, -0.1) is 0 Å². The summed E-state index contributed by atoms with van der Waals surface area (Å²) in [6, 6.07) is 8.36. The van der Waals surface area contributed by atoms with Crippen molar-refractivity contribution in [3.05, 3.63) is 47.0 Å². The van der Waals surface area contributed by atoms with Crippen LogP contribution in [0.4, 0.5) is 0 Å². The SMILES string of the molecule is CO[C@H]1C(=O)[C@@]2(C)C([C@H](OC(=O)c3ccccc3)[C@]3(O)C[C@H](O)C(C)=C1C3(C)C)[C@]1(O)CO[C@@H]1C[C@@H]2OC. The smallest absolute Gasteiger partial charge is 0.338 e. The number of fused-ring (bicyclic) bond motifs is 5. The third-order valence-corrected chi connectivity index (χ3v) is 10.1. The van der Waals surface area contributed by atoms with Gasteiger partial charge >= 0.3 is 5.97 Å². The Bertz CT molecular complexity index is 1160. The maximum Gasteiger partial charge on any atom is 0.338 e. The molecule has 1 heterocycles. The van der Waals surface area contributed by atoms with Gasteiger partial charge in [0.1, 0.15) is 23.4 Å². The van der Waals surface area contributed by atoms with Gasteiger partial charge in [0.05, 0.1) is 35.9 Å². The van der Waals surface area contributed by atoms with Gasteiger partial charge in [0.2, 0.25) is 0 Å². The minimum absolute atomic E-state index is 0.0978. The highest BCUT2D eigenvalue weighted by molar-refractivity contribution is 5.94. The molecule has 3 fully saturated rings. The summed E-state index contributed by atoms with van der Waals surface area (Å²) in [4.78, 5) is 28.2. The lowest BCUT2D eigenvalue weighted by Crippen LogP contribution is -2.81. The normalized spacial score (nSPS) is 43.8. The molecule has 208 valence electrons. The zero-order valence-corrected chi connectivity index (χ0v) is 22.8. The summed E-state index contributed by atoms with van der Waals surface area (Å²) in [6.07, 6.45) is -4.98. The molecule has 1 aliphatic heterocycles. The molecule has 9 heteroatoms. The summed E-state index contributed by atoms with van der Waals surface area (Å²) in [5.41, 5.74) is -4.88. The van der Waals surface area contributed by atoms with Gasteiger partial charge < -0.3 is 34.3 Å². The van der Waals surface area contributed by atoms with E-state index in [1.54, 1.807) is 58.0 Å². The molecule has 0 spiro atoms. The highest BCUT2D eigenvalue weighted by Crippen LogP contribution is 2.63. The molecule has 9 nitrogen and oxygen atoms in total. The van der Waals surface area contributed by atoms with E-state index in [4.69, 9.17) is 18.9 Å². The summed E-state index contributed by atoms with van der Waals surface area (Å²) in [5.74, 6) is -2.20. The van der Waals surface area contributed by atoms with E-state index in [9.17, 15) is 24.9 Å². The molecule has 1 aromatic carbocycles. The van der Waals surface area contributed by atoms with Gasteiger partial charge in [0.25, 0.3) is 0 Å². The van der Waals surface area contributed by atoms with Crippen LogP contribution in [0.3, 0.4) is 0 Å². The van der Waals surface area contributed by atoms with Crippen LogP contribution in [0.2, 0.25) is 0 Å². The van der Waals surface area contributed by atoms with Crippen molar-refractivity contribution in [3.63, 3.8) is 0 Å². The van der Waals surface area contributed by atoms with E-state index in [0.717, 1.165) is 0 Å². The van der Waals surface area contributed by atoms with Crippen molar-refractivity contribution in [1.82, 2.24) is 0 Å². The number of esters is 1. The molecule has 9 atom stereocenters. The topological polar surface area (TPSA) is 132 Å². The zero-order chi connectivity index (χ0) is 27.8. The van der Waals surface area contributed by atoms with Crippen LogP contribution in [0.15, 0.2) is 41.5 Å². The number of hydrogen-bond donors (Lipinski definition) is 3. The first-order valence-corrected chi connectivity index (χ1v) is 13.1. The second-order valence-corrected chi connectivity index (χ2v) is 12.0. The largest absolute Gasteiger partial charge is 0.455 e. The maximum absolute atomic E-state index is 14.6. The van der Waals surface area contributed by atoms with E-state index in [0.29, 0.717) is 11.1 Å². The average Bonchev–Trinajstić information content (AvgIpc) is 2.88. The van der Waals surface area contributed by atoms with Crippen molar-refractivity contribution in [3.8, 4) is 0 Å². The highest BCUT2D eigenvalue weighted by Gasteiger charge is 2.76. The molecule has 0 amide bonds. The summed E-state index contributed by atoms with van der Waals surface area (Å²) < 4.78 is 23.6. The molecule has 1 aromatic rings. The van der Waals surface area contributed by atoms with Gasteiger partial charge in [-0.05, 0) is 37.1 Å². The molecular formula is C29H38O9. The first-order valence-electron chi connectivity index (χ1n) is 13.1. The maximum atomic E-state index is 14.6. The summed E-state index contributed by atoms with van der Waals surface area (Å²) in [5, 5.41) is 36.0. The van der Waals surface area contributed by atoms with E-state index in [1.807, 2.05) is 0 Å². The van der Waals surface area contributed by atoms with Crippen LogP contribution in [-0.4, -0.2) is 89.6 Å². The van der Waals surface area contributed by atoms with Crippen molar-refractivity contribution >= 4 is 11.8 Å². The fourth-order valence-corrected chi connectivity index (χ4v) is 7.77. The van der Waals surface area contributed by atoms with E-state index in [1.165, 1.54) is 14.2 Å². The third-order valence-electron chi connectivity index (χ3n) is 10.1. The van der Waals surface area contributed by atoms with E-state index < -0.39 is 64.4 Å². The average molecular weight is 531 g/mol. The van der Waals surface area contributed by atoms with Crippen LogP contribution in [0.5, 0.6) is 0 Å². The van der Waals surface area contributed by atoms with Crippen LogP contribution in [0, 0.1) is 16.7 Å². The Hall–Kier alpha value is -2.14. The van der Waals surface area contributed by atoms with Crippen LogP contribution in [0.1, 0.15) is 50.9 Å². The van der Waals surface area contributed by atoms with E-state index >= 15 is 0 Å². The minimum atomic E-state index is -1.89. The van der Waals surface area contributed by atoms with Crippen molar-refractivity contribution in [2.24, 2.45) is 16.7 Å². The molecule has 0 aromatic heterocycles. The second-order valence-electron chi connectivity index (χ2n) is 12.0. The summed E-state index contributed by atoms with van der Waals surface area (Å²) in [6.45, 7) is 6.85. The lowest BCUT2D eigenvalue weighted by molar-refractivity contribution is -0.345. The van der Waals surface area contributed by atoms with Crippen LogP contribution in [-0.2, 0) is 23.7 Å². The number of Topliss-reactive ketones (excluding diaryl/α,β-unsaturated/α-hetero) is 1. The molecule has 1 unspecified atom stereocenters. The number of aliphatic hydroxyl groups is 3. The molecule has 38 heavy (non-hydrogen) atoms. The number of ketones is 1. The Labute approximate surface area is 222 Å². The molecule has 0 radical (unpaired) electrons. The fourth-order valence-electron chi connectivity index (χ4n) is 7.77. The second kappa shape index (κ2) is 8.94. The van der Waals surface area contributed by atoms with E-state index in [-0.39, 0.29) is 30.8 Å². The Morgan fingerprint density at radius 1 is 1.08 bits per heavy atom. The number of methoxy groups -OCH3 is 2. The minimum Gasteiger partial charge on any atom is -0.455 e. The van der Waals surface area contributed by atoms with Gasteiger partial charge in [-0.25, -0.2) is 4.79 Å². The van der Waals surface area contributed by atoms with Crippen molar-refractivity contribution < 1.29 is 43.9 Å². The van der Waals surface area contributed by atoms with Crippen molar-refractivity contribution in [2.75, 3.05) is 20.8 Å². The number of aliphatic hydroxyl groups excluding tert-OH is 1. The standard InChI is InChI=1S/C29H38O9/c1-15-17(30)13-29(34)24(38-25(32)16-10-8-7-9-11-16)22-27(4,18(35-5)12-19-28(22,33)14-37-19)23(31)21(36-6)20(15)26(29,2)3/h7-11,17-19,21-22,24,30,33-34H,12-14H2,1-6H3/t17-,18-,19+,21+,22?,24-,27+,28-,29+/m0/s1. The van der Waals surface area contributed by atoms with Crippen LogP contribution in [0.25, 0.3) is 0 Å². The van der Waals surface area contributed by atoms with Crippen molar-refractivity contribution in [2.45, 2.75) is 82.3 Å². The number of carbonyl (C=O) groups is 2. The first-order chi connectivity index (χ1) is 17.8. The lowest BCUT2D eigenvalue weighted by atomic mass is 9.44. The number of hydrogen-bond acceptors (Lipinski definition) is 9. The fraction of sp³-hybridized carbons (Fsp3) is 0.655. The third kappa shape index (κ3) is 3.39. The van der Waals surface area contributed by atoms with Crippen LogP contribution >= 0.6 is 0 Å². The van der Waals surface area contributed by atoms with Gasteiger partial charge in [-0.1, -0.05) is 32.0 Å². The van der Waals surface area contributed by atoms with Crippen LogP contribution < -0.4 is 0 Å². The molecule has 5 rings (SSSR count). The Balaban J connectivity index is 1.80. The number of benzene rings is 1. The molecule has 4 aliphatic rings. The highest BCUT2D eigenvalue weighted by atomic mass is 16.6. The van der Waals surface area contributed by atoms with Crippen molar-refractivity contribution in [1.29, 1.82) is 0 Å². The number of carbonyl (C=O) groups excluding carboxylic acids is 2. The van der Waals surface area contributed by atoms with E-state index in [2.05, 4.69) is 0 Å². The first kappa shape index (κ1) is 27.4. The Kier molecular flexibility index (Phi) is 6.45. The zero-order valence-electron chi connectivity index (χ0n) is 22.8. The van der Waals surface area contributed by atoms with Gasteiger partial charge in [0.15, 0.2) is 5.78 Å². The predicted octanol–water partition coefficient (Wildman–Crippen LogP) is 1.82. The molecule has 3 N–H and O–H groups in total. The Morgan fingerprint density at radius 2 is 1.74 bits per heavy atom. The molecule has 1 saturated heterocycles. The van der Waals surface area contributed by atoms with Gasteiger partial charge in [-0.3, -0.25) is 4.79 Å². The van der Waals surface area contributed by atoms with Gasteiger partial charge in [-0.2, -0.15) is 0 Å². The summed E-state index contributed by atoms with van der Waals surface area (Å²) in [7, 11) is 2.91. The molecule has 2 bridgehead atoms. The monoisotopic (exact) mass is 530 g/mol. The lowest BCUT2D eigenvalue weighted by Gasteiger charge is -2.67. The molecule has 3 aliphatic carbocycles. The quantitative estimate of drug-likeness (QED) is 0.394.